The van der Waals surface area contributed by atoms with Gasteiger partial charge in [-0.1, -0.05) is 40.2 Å². The lowest BCUT2D eigenvalue weighted by Crippen LogP contribution is -2.23. The van der Waals surface area contributed by atoms with Crippen molar-refractivity contribution in [2.45, 2.75) is 42.2 Å². The lowest BCUT2D eigenvalue weighted by Gasteiger charge is -2.34. The Bertz CT molecular complexity index is 701. The summed E-state index contributed by atoms with van der Waals surface area (Å²) in [5.74, 6) is 0. The maximum Gasteiger partial charge on any atom is 0.416 e. The van der Waals surface area contributed by atoms with Gasteiger partial charge in [-0.2, -0.15) is 26.3 Å². The molecule has 0 N–H and O–H groups in total. The van der Waals surface area contributed by atoms with E-state index in [2.05, 4.69) is 15.9 Å². The summed E-state index contributed by atoms with van der Waals surface area (Å²) < 4.78 is 82.2. The predicted octanol–water partition coefficient (Wildman–Crippen LogP) is 7.08. The molecular weight excluding hydrogens is 438 g/mol. The van der Waals surface area contributed by atoms with Crippen molar-refractivity contribution in [1.29, 1.82) is 0 Å². The number of halogens is 7. The zero-order chi connectivity index (χ0) is 19.8. The third-order valence-corrected chi connectivity index (χ3v) is 5.24. The number of hydrogen-bond acceptors (Lipinski definition) is 1. The van der Waals surface area contributed by atoms with E-state index in [4.69, 9.17) is 4.74 Å². The van der Waals surface area contributed by atoms with E-state index in [1.807, 2.05) is 0 Å². The van der Waals surface area contributed by atoms with Crippen LogP contribution in [0.3, 0.4) is 0 Å². The van der Waals surface area contributed by atoms with Gasteiger partial charge < -0.3 is 4.74 Å². The number of benzene rings is 2. The minimum absolute atomic E-state index is 0.0332. The molecular formula is C19H15BrF6O. The van der Waals surface area contributed by atoms with E-state index in [-0.39, 0.29) is 4.83 Å². The fourth-order valence-corrected chi connectivity index (χ4v) is 3.75. The molecule has 0 aliphatic carbocycles. The van der Waals surface area contributed by atoms with Gasteiger partial charge in [0.15, 0.2) is 0 Å². The molecule has 0 spiro atoms. The molecule has 1 fully saturated rings. The van der Waals surface area contributed by atoms with Gasteiger partial charge in [-0.15, -0.1) is 0 Å². The topological polar surface area (TPSA) is 9.23 Å². The van der Waals surface area contributed by atoms with E-state index in [9.17, 15) is 26.3 Å². The van der Waals surface area contributed by atoms with Gasteiger partial charge >= 0.3 is 12.4 Å². The molecule has 0 aromatic heterocycles. The zero-order valence-electron chi connectivity index (χ0n) is 13.8. The lowest BCUT2D eigenvalue weighted by atomic mass is 9.94. The van der Waals surface area contributed by atoms with Crippen LogP contribution in [-0.4, -0.2) is 4.83 Å². The summed E-state index contributed by atoms with van der Waals surface area (Å²) in [5, 5.41) is 0. The van der Waals surface area contributed by atoms with Crippen LogP contribution in [0.25, 0.3) is 0 Å². The fraction of sp³-hybridized carbons (Fsp3) is 0.368. The molecule has 0 bridgehead atoms. The summed E-state index contributed by atoms with van der Waals surface area (Å²) in [6.07, 6.45) is -8.60. The van der Waals surface area contributed by atoms with E-state index in [0.29, 0.717) is 24.0 Å². The molecule has 1 nitrogen and oxygen atoms in total. The molecule has 1 aliphatic heterocycles. The Morgan fingerprint density at radius 3 is 1.30 bits per heavy atom. The first-order chi connectivity index (χ1) is 12.5. The van der Waals surface area contributed by atoms with Gasteiger partial charge in [-0.3, -0.25) is 0 Å². The first-order valence-electron chi connectivity index (χ1n) is 8.18. The summed E-state index contributed by atoms with van der Waals surface area (Å²) in [5.41, 5.74) is -0.276. The Morgan fingerprint density at radius 2 is 1.00 bits per heavy atom. The minimum Gasteiger partial charge on any atom is -0.366 e. The Hall–Kier alpha value is -1.54. The first kappa shape index (κ1) is 20.2. The van der Waals surface area contributed by atoms with Gasteiger partial charge in [0.05, 0.1) is 23.3 Å². The first-order valence-corrected chi connectivity index (χ1v) is 9.09. The van der Waals surface area contributed by atoms with Crippen molar-refractivity contribution in [3.05, 3.63) is 70.8 Å². The number of alkyl halides is 7. The molecule has 3 atom stereocenters. The number of ether oxygens (including phenoxy) is 1. The van der Waals surface area contributed by atoms with Crippen molar-refractivity contribution in [2.24, 2.45) is 0 Å². The smallest absolute Gasteiger partial charge is 0.366 e. The average Bonchev–Trinajstić information content (AvgIpc) is 2.60. The highest BCUT2D eigenvalue weighted by atomic mass is 79.9. The SMILES string of the molecule is FC(F)(F)c1ccc([C@@H]2CC(Br)C[C@H](c3ccc(C(F)(F)F)cc3)O2)cc1. The van der Waals surface area contributed by atoms with Gasteiger partial charge in [-0.25, -0.2) is 0 Å². The summed E-state index contributed by atoms with van der Waals surface area (Å²) in [7, 11) is 0. The highest BCUT2D eigenvalue weighted by molar-refractivity contribution is 9.09. The molecule has 0 saturated carbocycles. The van der Waals surface area contributed by atoms with Crippen LogP contribution in [0.2, 0.25) is 0 Å². The third-order valence-electron chi connectivity index (χ3n) is 4.49. The van der Waals surface area contributed by atoms with Crippen molar-refractivity contribution in [1.82, 2.24) is 0 Å². The van der Waals surface area contributed by atoms with Crippen molar-refractivity contribution in [3.8, 4) is 0 Å². The molecule has 1 unspecified atom stereocenters. The third kappa shape index (κ3) is 4.85. The molecule has 1 aliphatic rings. The van der Waals surface area contributed by atoms with E-state index in [1.54, 1.807) is 0 Å². The minimum atomic E-state index is -4.41. The van der Waals surface area contributed by atoms with Gasteiger partial charge in [0.2, 0.25) is 0 Å². The molecule has 8 heteroatoms. The van der Waals surface area contributed by atoms with E-state index < -0.39 is 35.7 Å². The Balaban J connectivity index is 1.78. The maximum atomic E-state index is 12.7. The second-order valence-electron chi connectivity index (χ2n) is 6.42. The molecule has 1 saturated heterocycles. The van der Waals surface area contributed by atoms with Crippen molar-refractivity contribution >= 4 is 15.9 Å². The fourth-order valence-electron chi connectivity index (χ4n) is 3.07. The van der Waals surface area contributed by atoms with E-state index in [0.717, 1.165) is 24.3 Å². The molecule has 0 radical (unpaired) electrons. The largest absolute Gasteiger partial charge is 0.416 e. The second-order valence-corrected chi connectivity index (χ2v) is 7.72. The Kier molecular flexibility index (Phi) is 5.59. The Morgan fingerprint density at radius 1 is 0.667 bits per heavy atom. The average molecular weight is 453 g/mol. The van der Waals surface area contributed by atoms with Gasteiger partial charge in [-0.05, 0) is 48.2 Å². The molecule has 27 heavy (non-hydrogen) atoms. The van der Waals surface area contributed by atoms with Crippen molar-refractivity contribution < 1.29 is 31.1 Å². The summed E-state index contributed by atoms with van der Waals surface area (Å²) in [6, 6.07) is 9.52. The van der Waals surface area contributed by atoms with Gasteiger partial charge in [0.1, 0.15) is 0 Å². The molecule has 146 valence electrons. The van der Waals surface area contributed by atoms with Gasteiger partial charge in [0.25, 0.3) is 0 Å². The quantitative estimate of drug-likeness (QED) is 0.349. The lowest BCUT2D eigenvalue weighted by molar-refractivity contribution is -0.138. The molecule has 3 rings (SSSR count). The second kappa shape index (κ2) is 7.47. The van der Waals surface area contributed by atoms with E-state index >= 15 is 0 Å². The summed E-state index contributed by atoms with van der Waals surface area (Å²) in [4.78, 5) is 0.0332. The van der Waals surface area contributed by atoms with Crippen LogP contribution in [-0.2, 0) is 17.1 Å². The van der Waals surface area contributed by atoms with Crippen LogP contribution in [0.4, 0.5) is 26.3 Å². The van der Waals surface area contributed by atoms with E-state index in [1.165, 1.54) is 24.3 Å². The zero-order valence-corrected chi connectivity index (χ0v) is 15.4. The summed E-state index contributed by atoms with van der Waals surface area (Å²) >= 11 is 3.52. The van der Waals surface area contributed by atoms with Crippen LogP contribution in [0.5, 0.6) is 0 Å². The van der Waals surface area contributed by atoms with Crippen LogP contribution in [0, 0.1) is 0 Å². The van der Waals surface area contributed by atoms with Crippen LogP contribution >= 0.6 is 15.9 Å². The number of hydrogen-bond donors (Lipinski definition) is 0. The molecule has 2 aromatic rings. The van der Waals surface area contributed by atoms with Crippen LogP contribution < -0.4 is 0 Å². The molecule has 2 aromatic carbocycles. The van der Waals surface area contributed by atoms with Gasteiger partial charge in [0, 0.05) is 4.83 Å². The highest BCUT2D eigenvalue weighted by Crippen LogP contribution is 2.42. The van der Waals surface area contributed by atoms with Crippen molar-refractivity contribution in [2.75, 3.05) is 0 Å². The Labute approximate surface area is 160 Å². The predicted molar refractivity (Wildman–Crippen MR) is 91.4 cm³/mol. The standard InChI is InChI=1S/C19H15BrF6O/c20-15-9-16(11-1-5-13(6-2-11)18(21,22)23)27-17(10-15)12-3-7-14(8-4-12)19(24,25)26/h1-8,15-17H,9-10H2/t15?,16-,17+. The summed E-state index contributed by atoms with van der Waals surface area (Å²) in [6.45, 7) is 0. The van der Waals surface area contributed by atoms with Crippen LogP contribution in [0.1, 0.15) is 47.3 Å². The highest BCUT2D eigenvalue weighted by Gasteiger charge is 2.34. The monoisotopic (exact) mass is 452 g/mol. The van der Waals surface area contributed by atoms with Crippen molar-refractivity contribution in [3.63, 3.8) is 0 Å². The molecule has 0 amide bonds. The normalized spacial score (nSPS) is 24.0. The molecule has 1 heterocycles. The number of rotatable bonds is 2. The van der Waals surface area contributed by atoms with Crippen LogP contribution in [0.15, 0.2) is 48.5 Å². The maximum absolute atomic E-state index is 12.7.